The number of likely N-dealkylation sites (tertiary alicyclic amines) is 1. The molecule has 5 aliphatic rings. The first-order chi connectivity index (χ1) is 27.5. The number of thiophene rings is 1. The van der Waals surface area contributed by atoms with Crippen LogP contribution in [0.15, 0.2) is 84.9 Å². The van der Waals surface area contributed by atoms with Crippen LogP contribution in [-0.4, -0.2) is 66.3 Å². The number of piperidine rings is 3. The summed E-state index contributed by atoms with van der Waals surface area (Å²) in [6, 6.07) is 31.3. The third-order valence-electron chi connectivity index (χ3n) is 12.7. The molecule has 5 heterocycles. The van der Waals surface area contributed by atoms with E-state index in [9.17, 15) is 14.4 Å². The second-order valence-corrected chi connectivity index (χ2v) is 16.9. The number of amides is 3. The molecule has 3 aromatic carbocycles. The molecule has 9 rings (SSSR count). The highest BCUT2D eigenvalue weighted by Crippen LogP contribution is 2.47. The summed E-state index contributed by atoms with van der Waals surface area (Å²) in [5.74, 6) is 1.47. The average molecular weight is 773 g/mol. The molecule has 1 aromatic heterocycles. The smallest absolute Gasteiger partial charge is 0.256 e. The molecule has 3 fully saturated rings. The number of nitrogens with zero attached hydrogens (tertiary/aromatic N) is 3. The van der Waals surface area contributed by atoms with Gasteiger partial charge in [0, 0.05) is 47.4 Å². The summed E-state index contributed by atoms with van der Waals surface area (Å²) in [6.45, 7) is 14.1. The molecule has 4 aromatic rings. The molecule has 8 heteroatoms. The zero-order valence-corrected chi connectivity index (χ0v) is 34.7. The summed E-state index contributed by atoms with van der Waals surface area (Å²) in [4.78, 5) is 46.5. The van der Waals surface area contributed by atoms with Crippen molar-refractivity contribution in [3.63, 3.8) is 0 Å². The van der Waals surface area contributed by atoms with Crippen molar-refractivity contribution in [1.29, 1.82) is 0 Å². The van der Waals surface area contributed by atoms with E-state index >= 15 is 0 Å². The maximum atomic E-state index is 13.2. The molecule has 3 amide bonds. The highest BCUT2D eigenvalue weighted by molar-refractivity contribution is 7.12. The number of fused-ring (bicyclic) bond motifs is 2. The van der Waals surface area contributed by atoms with Gasteiger partial charge in [-0.2, -0.15) is 0 Å². The van der Waals surface area contributed by atoms with Gasteiger partial charge >= 0.3 is 0 Å². The number of aryl methyl sites for hydroxylation is 1. The van der Waals surface area contributed by atoms with Crippen LogP contribution >= 0.6 is 11.3 Å². The molecule has 296 valence electrons. The van der Waals surface area contributed by atoms with Gasteiger partial charge in [-0.15, -0.1) is 11.3 Å². The largest absolute Gasteiger partial charge is 0.372 e. The fourth-order valence-corrected chi connectivity index (χ4v) is 11.1. The third kappa shape index (κ3) is 8.38. The van der Waals surface area contributed by atoms with Crippen molar-refractivity contribution >= 4 is 34.7 Å². The van der Waals surface area contributed by atoms with E-state index in [1.165, 1.54) is 58.6 Å². The van der Waals surface area contributed by atoms with Gasteiger partial charge in [-0.3, -0.25) is 19.7 Å². The number of rotatable bonds is 7. The van der Waals surface area contributed by atoms with Gasteiger partial charge in [0.05, 0.1) is 12.1 Å². The van der Waals surface area contributed by atoms with Crippen molar-refractivity contribution < 1.29 is 14.4 Å². The van der Waals surface area contributed by atoms with Gasteiger partial charge in [0.2, 0.25) is 11.8 Å². The van der Waals surface area contributed by atoms with Crippen molar-refractivity contribution in [3.05, 3.63) is 123 Å². The molecule has 3 unspecified atom stereocenters. The van der Waals surface area contributed by atoms with Gasteiger partial charge < -0.3 is 14.7 Å². The van der Waals surface area contributed by atoms with E-state index in [0.717, 1.165) is 61.8 Å². The van der Waals surface area contributed by atoms with E-state index in [1.807, 2.05) is 27.7 Å². The van der Waals surface area contributed by atoms with Crippen LogP contribution in [0.3, 0.4) is 0 Å². The predicted octanol–water partition coefficient (Wildman–Crippen LogP) is 9.52. The Bertz CT molecular complexity index is 1940. The molecule has 1 aliphatic carbocycles. The Morgan fingerprint density at radius 3 is 2.11 bits per heavy atom. The number of benzene rings is 3. The topological polar surface area (TPSA) is 73.0 Å². The second kappa shape index (κ2) is 18.3. The molecule has 1 N–H and O–H groups in total. The highest BCUT2D eigenvalue weighted by Gasteiger charge is 2.41. The fourth-order valence-electron chi connectivity index (χ4n) is 9.82. The number of hydrogen-bond donors (Lipinski definition) is 1. The minimum absolute atomic E-state index is 0.0570. The molecule has 4 aliphatic heterocycles. The molecule has 7 nitrogen and oxygen atoms in total. The molecular weight excluding hydrogens is 713 g/mol. The lowest BCUT2D eigenvalue weighted by atomic mass is 9.69. The van der Waals surface area contributed by atoms with Crippen molar-refractivity contribution in [2.45, 2.75) is 109 Å². The summed E-state index contributed by atoms with van der Waals surface area (Å²) in [5.41, 5.74) is 7.99. The van der Waals surface area contributed by atoms with Gasteiger partial charge in [0.1, 0.15) is 6.04 Å². The Hall–Kier alpha value is -4.27. The number of nitrogens with one attached hydrogen (secondary N) is 1. The van der Waals surface area contributed by atoms with Crippen LogP contribution in [0.5, 0.6) is 0 Å². The maximum absolute atomic E-state index is 13.2. The molecular formula is C48H60N4O3S. The molecule has 56 heavy (non-hydrogen) atoms. The first-order valence-electron chi connectivity index (χ1n) is 21.5. The maximum Gasteiger partial charge on any atom is 0.256 e. The number of anilines is 1. The average Bonchev–Trinajstić information content (AvgIpc) is 3.81. The highest BCUT2D eigenvalue weighted by atomic mass is 32.1. The van der Waals surface area contributed by atoms with Crippen molar-refractivity contribution in [2.24, 2.45) is 5.92 Å². The van der Waals surface area contributed by atoms with E-state index in [-0.39, 0.29) is 24.1 Å². The third-order valence-corrected chi connectivity index (χ3v) is 14.0. The standard InChI is InChI=1S/C44H48N4O3S.2C2H6/c49-41-17-16-38(43(50)45-41)48-28-40-37(44(48)51)26-39(52-40)32-20-22-46(23-21-32)27-29-18-24-47(25-19-29)34-13-10-33(11-14-34)42-35-9-5-4-8-31(35)12-15-36(42)30-6-2-1-3-7-30;2*1-2/h1-11,13-14,26,29,32,36,38,42H,12,15-25,27-28H2,(H,45,49,50);2*1-2H3. The predicted molar refractivity (Wildman–Crippen MR) is 229 cm³/mol. The van der Waals surface area contributed by atoms with Crippen LogP contribution < -0.4 is 10.2 Å². The van der Waals surface area contributed by atoms with E-state index in [2.05, 4.69) is 100 Å². The first-order valence-corrected chi connectivity index (χ1v) is 22.3. The van der Waals surface area contributed by atoms with Gasteiger partial charge in [0.25, 0.3) is 5.91 Å². The lowest BCUT2D eigenvalue weighted by Gasteiger charge is -2.38. The number of carbonyl (C=O) groups excluding carboxylic acids is 3. The lowest BCUT2D eigenvalue weighted by Crippen LogP contribution is -2.52. The monoisotopic (exact) mass is 772 g/mol. The minimum Gasteiger partial charge on any atom is -0.372 e. The van der Waals surface area contributed by atoms with E-state index < -0.39 is 6.04 Å². The Morgan fingerprint density at radius 2 is 1.41 bits per heavy atom. The number of hydrogen-bond acceptors (Lipinski definition) is 6. The minimum atomic E-state index is -0.540. The van der Waals surface area contributed by atoms with Crippen molar-refractivity contribution in [1.82, 2.24) is 15.1 Å². The lowest BCUT2D eigenvalue weighted by molar-refractivity contribution is -0.136. The normalized spacial score (nSPS) is 23.0. The van der Waals surface area contributed by atoms with Crippen LogP contribution in [0.1, 0.15) is 133 Å². The summed E-state index contributed by atoms with van der Waals surface area (Å²) < 4.78 is 0. The van der Waals surface area contributed by atoms with Crippen LogP contribution in [0.25, 0.3) is 0 Å². The van der Waals surface area contributed by atoms with E-state index in [0.29, 0.717) is 30.7 Å². The van der Waals surface area contributed by atoms with Crippen LogP contribution in [-0.2, 0) is 22.6 Å². The molecule has 0 bridgehead atoms. The molecule has 3 saturated heterocycles. The van der Waals surface area contributed by atoms with Gasteiger partial charge in [-0.25, -0.2) is 0 Å². The SMILES string of the molecule is CC.CC.O=C1CCC(N2Cc3sc(C4CCN(CC5CCN(c6ccc(C7c8ccccc8CCC7c7ccccc7)cc6)CC5)CC4)cc3C2=O)C(=O)N1. The van der Waals surface area contributed by atoms with Crippen molar-refractivity contribution in [3.8, 4) is 0 Å². The fraction of sp³-hybridized carbons (Fsp3) is 0.479. The number of carbonyl (C=O) groups is 3. The van der Waals surface area contributed by atoms with Crippen LogP contribution in [0.2, 0.25) is 0 Å². The summed E-state index contributed by atoms with van der Waals surface area (Å²) in [6.07, 6.45) is 7.76. The molecule has 0 spiro atoms. The molecule has 0 radical (unpaired) electrons. The summed E-state index contributed by atoms with van der Waals surface area (Å²) >= 11 is 1.76. The zero-order chi connectivity index (χ0) is 39.2. The Morgan fingerprint density at radius 1 is 0.714 bits per heavy atom. The first kappa shape index (κ1) is 39.9. The molecule has 0 saturated carbocycles. The number of imide groups is 1. The Labute approximate surface area is 338 Å². The quantitative estimate of drug-likeness (QED) is 0.190. The van der Waals surface area contributed by atoms with E-state index in [4.69, 9.17) is 0 Å². The second-order valence-electron chi connectivity index (χ2n) is 15.7. The summed E-state index contributed by atoms with van der Waals surface area (Å²) in [7, 11) is 0. The van der Waals surface area contributed by atoms with E-state index in [1.54, 1.807) is 16.2 Å². The van der Waals surface area contributed by atoms with Crippen molar-refractivity contribution in [2.75, 3.05) is 37.6 Å². The van der Waals surface area contributed by atoms with Crippen LogP contribution in [0.4, 0.5) is 5.69 Å². The van der Waals surface area contributed by atoms with Gasteiger partial charge in [-0.05, 0) is 116 Å². The van der Waals surface area contributed by atoms with Gasteiger partial charge in [0.15, 0.2) is 0 Å². The molecule has 3 atom stereocenters. The van der Waals surface area contributed by atoms with Crippen LogP contribution in [0, 0.1) is 5.92 Å². The Balaban J connectivity index is 0.00000117. The zero-order valence-electron chi connectivity index (χ0n) is 33.8. The summed E-state index contributed by atoms with van der Waals surface area (Å²) in [5, 5.41) is 2.40. The Kier molecular flexibility index (Phi) is 13.1. The van der Waals surface area contributed by atoms with Gasteiger partial charge in [-0.1, -0.05) is 94.4 Å².